The molecule has 0 aliphatic carbocycles. The van der Waals surface area contributed by atoms with E-state index in [2.05, 4.69) is 9.97 Å². The number of aromatic nitrogens is 4. The van der Waals surface area contributed by atoms with Crippen LogP contribution in [0, 0.1) is 6.92 Å². The normalized spacial score (nSPS) is 11.8. The SMILES string of the molecule is CCOC(=O)c1ccc(S(=O)(=O)N(Cc2cc3ccccc3[nH]2)c2ncc3ccccc3c2Cc2cccc(-c3ccc(CN(c4ncc5ccccc5c4C)S(=O)(=O)c4ccc(C(=O)O)cc4)cn3)c2)cc1. The van der Waals surface area contributed by atoms with Crippen LogP contribution in [0.15, 0.2) is 192 Å². The predicted octanol–water partition coefficient (Wildman–Crippen LogP) is 10.9. The summed E-state index contributed by atoms with van der Waals surface area (Å²) >= 11 is 0. The number of ether oxygens (including phenoxy) is 1. The minimum absolute atomic E-state index is 0.0344. The molecule has 14 nitrogen and oxygen atoms in total. The van der Waals surface area contributed by atoms with Crippen LogP contribution < -0.4 is 8.61 Å². The molecule has 0 aliphatic rings. The topological polar surface area (TPSA) is 193 Å². The summed E-state index contributed by atoms with van der Waals surface area (Å²) in [5.74, 6) is -1.28. The number of pyridine rings is 3. The Morgan fingerprint density at radius 1 is 0.589 bits per heavy atom. The second-order valence-corrected chi connectivity index (χ2v) is 21.1. The molecule has 0 unspecified atom stereocenters. The highest BCUT2D eigenvalue weighted by Crippen LogP contribution is 2.36. The number of benzene rings is 6. The van der Waals surface area contributed by atoms with Crippen molar-refractivity contribution in [3.05, 3.63) is 221 Å². The molecule has 73 heavy (non-hydrogen) atoms. The molecule has 0 radical (unpaired) electrons. The van der Waals surface area contributed by atoms with E-state index < -0.39 is 32.0 Å². The quantitative estimate of drug-likeness (QED) is 0.0875. The molecule has 0 amide bonds. The number of H-pyrrole nitrogens is 1. The van der Waals surface area contributed by atoms with E-state index in [1.807, 2.05) is 116 Å². The molecule has 0 saturated carbocycles. The second-order valence-electron chi connectivity index (χ2n) is 17.4. The van der Waals surface area contributed by atoms with Gasteiger partial charge in [0.15, 0.2) is 0 Å². The van der Waals surface area contributed by atoms with Crippen LogP contribution in [0.1, 0.15) is 55.6 Å². The summed E-state index contributed by atoms with van der Waals surface area (Å²) in [5, 5.41) is 13.7. The molecule has 10 aromatic rings. The molecule has 0 spiro atoms. The number of sulfonamides is 2. The lowest BCUT2D eigenvalue weighted by atomic mass is 9.97. The second kappa shape index (κ2) is 19.8. The van der Waals surface area contributed by atoms with Crippen LogP contribution in [0.4, 0.5) is 11.6 Å². The lowest BCUT2D eigenvalue weighted by molar-refractivity contribution is 0.0525. The average molecular weight is 1010 g/mol. The first-order chi connectivity index (χ1) is 35.3. The molecule has 0 fully saturated rings. The molecule has 0 atom stereocenters. The van der Waals surface area contributed by atoms with E-state index >= 15 is 8.42 Å². The number of anilines is 2. The standard InChI is InChI=1S/C57H46N6O8S2/c1-3-71-57(66)41-22-26-48(27-23-41)73(69,70)63(36-46-31-43-12-6-9-18-53(43)61-46)55-51(50-17-8-5-14-45(50)34-60-55)30-38-11-10-15-42(29-38)52-28-19-39(32-58-52)35-62(54-37(2)49-16-7-4-13-44(49)33-59-54)72(67,68)47-24-20-40(21-25-47)56(64)65/h4-29,31-34,61H,3,30,35-36H2,1-2H3,(H,64,65). The number of fused-ring (bicyclic) bond motifs is 3. The summed E-state index contributed by atoms with van der Waals surface area (Å²) in [5.41, 5.74) is 5.76. The van der Waals surface area contributed by atoms with Crippen molar-refractivity contribution in [3.8, 4) is 11.3 Å². The van der Waals surface area contributed by atoms with E-state index in [-0.39, 0.29) is 58.7 Å². The van der Waals surface area contributed by atoms with Gasteiger partial charge in [-0.25, -0.2) is 45.0 Å². The highest BCUT2D eigenvalue weighted by molar-refractivity contribution is 7.93. The zero-order chi connectivity index (χ0) is 50.9. The number of nitrogens with one attached hydrogen (secondary N) is 1. The largest absolute Gasteiger partial charge is 0.478 e. The van der Waals surface area contributed by atoms with Crippen molar-refractivity contribution in [2.75, 3.05) is 15.2 Å². The van der Waals surface area contributed by atoms with Gasteiger partial charge in [-0.2, -0.15) is 0 Å². The van der Waals surface area contributed by atoms with E-state index in [1.54, 1.807) is 31.6 Å². The van der Waals surface area contributed by atoms with Crippen molar-refractivity contribution in [2.24, 2.45) is 0 Å². The molecule has 4 heterocycles. The molecule has 6 aromatic carbocycles. The van der Waals surface area contributed by atoms with E-state index in [1.165, 1.54) is 57.1 Å². The molecule has 4 aromatic heterocycles. The Morgan fingerprint density at radius 3 is 1.84 bits per heavy atom. The van der Waals surface area contributed by atoms with Gasteiger partial charge in [-0.05, 0) is 114 Å². The Hall–Kier alpha value is -8.73. The third kappa shape index (κ3) is 9.60. The maximum Gasteiger partial charge on any atom is 0.338 e. The number of carbonyl (C=O) groups is 2. The monoisotopic (exact) mass is 1010 g/mol. The van der Waals surface area contributed by atoms with Gasteiger partial charge in [0.05, 0.1) is 46.3 Å². The number of aromatic carboxylic acids is 1. The Bertz CT molecular complexity index is 3930. The van der Waals surface area contributed by atoms with Crippen LogP contribution >= 0.6 is 0 Å². The summed E-state index contributed by atoms with van der Waals surface area (Å²) in [6.45, 7) is 3.48. The summed E-state index contributed by atoms with van der Waals surface area (Å²) in [4.78, 5) is 41.8. The smallest absolute Gasteiger partial charge is 0.338 e. The van der Waals surface area contributed by atoms with E-state index in [4.69, 9.17) is 14.7 Å². The number of carboxylic acids is 1. The summed E-state index contributed by atoms with van der Waals surface area (Å²) < 4.78 is 66.8. The zero-order valence-corrected chi connectivity index (χ0v) is 41.1. The third-order valence-corrected chi connectivity index (χ3v) is 16.2. The van der Waals surface area contributed by atoms with Crippen molar-refractivity contribution in [1.29, 1.82) is 0 Å². The van der Waals surface area contributed by atoms with Gasteiger partial charge in [0, 0.05) is 63.7 Å². The molecule has 0 aliphatic heterocycles. The number of aryl methyl sites for hydroxylation is 1. The van der Waals surface area contributed by atoms with Gasteiger partial charge in [0.25, 0.3) is 20.0 Å². The predicted molar refractivity (Wildman–Crippen MR) is 282 cm³/mol. The maximum atomic E-state index is 15.0. The van der Waals surface area contributed by atoms with Gasteiger partial charge < -0.3 is 14.8 Å². The number of hydrogen-bond donors (Lipinski definition) is 2. The molecule has 2 N–H and O–H groups in total. The van der Waals surface area contributed by atoms with Gasteiger partial charge in [-0.3, -0.25) is 4.98 Å². The Balaban J connectivity index is 0.999. The fraction of sp³-hybridized carbons (Fsp3) is 0.105. The third-order valence-electron chi connectivity index (χ3n) is 12.7. The zero-order valence-electron chi connectivity index (χ0n) is 39.5. The van der Waals surface area contributed by atoms with Crippen molar-refractivity contribution in [2.45, 2.75) is 43.1 Å². The van der Waals surface area contributed by atoms with Crippen LogP contribution in [0.2, 0.25) is 0 Å². The van der Waals surface area contributed by atoms with E-state index in [0.717, 1.165) is 43.6 Å². The van der Waals surface area contributed by atoms with Gasteiger partial charge in [-0.15, -0.1) is 0 Å². The number of aromatic amines is 1. The fourth-order valence-corrected chi connectivity index (χ4v) is 11.9. The number of nitrogens with zero attached hydrogens (tertiary/aromatic N) is 5. The van der Waals surface area contributed by atoms with Gasteiger partial charge in [0.2, 0.25) is 0 Å². The number of carboxylic acid groups (broad SMARTS) is 1. The van der Waals surface area contributed by atoms with Crippen LogP contribution in [-0.2, 0) is 44.3 Å². The Kier molecular flexibility index (Phi) is 13.0. The van der Waals surface area contributed by atoms with E-state index in [9.17, 15) is 23.1 Å². The van der Waals surface area contributed by atoms with Gasteiger partial charge >= 0.3 is 11.9 Å². The molecule has 10 rings (SSSR count). The molecule has 16 heteroatoms. The first-order valence-corrected chi connectivity index (χ1v) is 26.1. The fourth-order valence-electron chi connectivity index (χ4n) is 8.97. The Morgan fingerprint density at radius 2 is 1.19 bits per heavy atom. The number of hydrogen-bond acceptors (Lipinski definition) is 10. The van der Waals surface area contributed by atoms with Crippen molar-refractivity contribution >= 4 is 76.1 Å². The lowest BCUT2D eigenvalue weighted by Gasteiger charge is -2.26. The van der Waals surface area contributed by atoms with Gasteiger partial charge in [-0.1, -0.05) is 91.0 Å². The molecule has 364 valence electrons. The van der Waals surface area contributed by atoms with Gasteiger partial charge in [0.1, 0.15) is 11.6 Å². The number of rotatable bonds is 16. The van der Waals surface area contributed by atoms with Crippen molar-refractivity contribution in [3.63, 3.8) is 0 Å². The first-order valence-electron chi connectivity index (χ1n) is 23.3. The maximum absolute atomic E-state index is 15.0. The van der Waals surface area contributed by atoms with E-state index in [0.29, 0.717) is 28.1 Å². The number of esters is 1. The van der Waals surface area contributed by atoms with Crippen LogP contribution in [0.25, 0.3) is 43.7 Å². The molecular formula is C57H46N6O8S2. The lowest BCUT2D eigenvalue weighted by Crippen LogP contribution is -2.32. The highest BCUT2D eigenvalue weighted by Gasteiger charge is 2.31. The Labute approximate surface area is 421 Å². The highest BCUT2D eigenvalue weighted by atomic mass is 32.2. The number of para-hydroxylation sites is 1. The molecule has 0 bridgehead atoms. The van der Waals surface area contributed by atoms with Crippen molar-refractivity contribution in [1.82, 2.24) is 19.9 Å². The van der Waals surface area contributed by atoms with Crippen LogP contribution in [0.5, 0.6) is 0 Å². The minimum Gasteiger partial charge on any atom is -0.478 e. The summed E-state index contributed by atoms with van der Waals surface area (Å²) in [7, 11) is -8.61. The van der Waals surface area contributed by atoms with Crippen molar-refractivity contribution < 1.29 is 36.3 Å². The summed E-state index contributed by atoms with van der Waals surface area (Å²) in [6.07, 6.45) is 5.20. The molecular weight excluding hydrogens is 961 g/mol. The van der Waals surface area contributed by atoms with Crippen LogP contribution in [0.3, 0.4) is 0 Å². The minimum atomic E-state index is -4.33. The van der Waals surface area contributed by atoms with Crippen LogP contribution in [-0.4, -0.2) is 60.4 Å². The number of carbonyl (C=O) groups excluding carboxylic acids is 1. The average Bonchev–Trinajstić information content (AvgIpc) is 3.83. The molecule has 0 saturated heterocycles. The first kappa shape index (κ1) is 47.9. The summed E-state index contributed by atoms with van der Waals surface area (Å²) in [6, 6.07) is 47.0.